The number of thioether (sulfide) groups is 1. The summed E-state index contributed by atoms with van der Waals surface area (Å²) in [5.74, 6) is 0.496. The van der Waals surface area contributed by atoms with Crippen LogP contribution >= 0.6 is 35.6 Å². The van der Waals surface area contributed by atoms with Gasteiger partial charge in [-0.15, -0.1) is 0 Å². The molecule has 0 bridgehead atoms. The summed E-state index contributed by atoms with van der Waals surface area (Å²) < 4.78 is 10.6. The summed E-state index contributed by atoms with van der Waals surface area (Å²) in [6.45, 7) is 0.913. The first kappa shape index (κ1) is 16.3. The van der Waals surface area contributed by atoms with E-state index in [1.54, 1.807) is 37.3 Å². The molecule has 0 saturated carbocycles. The van der Waals surface area contributed by atoms with E-state index in [-0.39, 0.29) is 5.91 Å². The van der Waals surface area contributed by atoms with Crippen LogP contribution in [0.2, 0.25) is 5.02 Å². The number of rotatable bonds is 5. The quantitative estimate of drug-likeness (QED) is 0.606. The summed E-state index contributed by atoms with van der Waals surface area (Å²) in [5, 5.41) is 0.501. The van der Waals surface area contributed by atoms with Crippen molar-refractivity contribution in [1.29, 1.82) is 0 Å². The third kappa shape index (κ3) is 3.77. The number of carbonyl (C=O) groups excluding carboxylic acids is 1. The van der Waals surface area contributed by atoms with Gasteiger partial charge in [0.15, 0.2) is 0 Å². The zero-order valence-corrected chi connectivity index (χ0v) is 14.0. The Hall–Kier alpha value is -1.08. The minimum atomic E-state index is -0.103. The standard InChI is InChI=1S/C14H14ClNO3S2/c1-18-6-5-16-13(17)12(21-14(16)20)8-9-3-4-11(19-2)10(15)7-9/h3-4,7-8H,5-6H2,1-2H3/b12-8-. The fourth-order valence-electron chi connectivity index (χ4n) is 1.80. The van der Waals surface area contributed by atoms with Crippen LogP contribution in [0, 0.1) is 0 Å². The van der Waals surface area contributed by atoms with Gasteiger partial charge in [0.25, 0.3) is 5.91 Å². The summed E-state index contributed by atoms with van der Waals surface area (Å²) in [5.41, 5.74) is 0.827. The lowest BCUT2D eigenvalue weighted by Crippen LogP contribution is -2.31. The van der Waals surface area contributed by atoms with E-state index >= 15 is 0 Å². The Bertz CT molecular complexity index is 604. The van der Waals surface area contributed by atoms with Gasteiger partial charge in [-0.3, -0.25) is 9.69 Å². The van der Waals surface area contributed by atoms with Gasteiger partial charge >= 0.3 is 0 Å². The molecule has 0 aliphatic carbocycles. The average Bonchev–Trinajstić information content (AvgIpc) is 2.72. The molecule has 4 nitrogen and oxygen atoms in total. The fraction of sp³-hybridized carbons (Fsp3) is 0.286. The van der Waals surface area contributed by atoms with Gasteiger partial charge in [0.1, 0.15) is 10.1 Å². The zero-order chi connectivity index (χ0) is 15.4. The van der Waals surface area contributed by atoms with Crippen LogP contribution in [-0.4, -0.2) is 42.5 Å². The third-order valence-corrected chi connectivity index (χ3v) is 4.54. The number of halogens is 1. The maximum absolute atomic E-state index is 12.3. The average molecular weight is 344 g/mol. The second kappa shape index (κ2) is 7.26. The number of ether oxygens (including phenoxy) is 2. The smallest absolute Gasteiger partial charge is 0.266 e. The summed E-state index contributed by atoms with van der Waals surface area (Å²) >= 11 is 12.6. The Kier molecular flexibility index (Phi) is 5.64. The molecule has 7 heteroatoms. The van der Waals surface area contributed by atoms with Gasteiger partial charge in [-0.25, -0.2) is 0 Å². The molecule has 0 unspecified atom stereocenters. The van der Waals surface area contributed by atoms with Gasteiger partial charge in [-0.1, -0.05) is 41.6 Å². The predicted molar refractivity (Wildman–Crippen MR) is 89.8 cm³/mol. The van der Waals surface area contributed by atoms with Crippen LogP contribution in [0.25, 0.3) is 6.08 Å². The highest BCUT2D eigenvalue weighted by Gasteiger charge is 2.31. The molecular formula is C14H14ClNO3S2. The number of benzene rings is 1. The van der Waals surface area contributed by atoms with E-state index < -0.39 is 0 Å². The molecule has 0 radical (unpaired) electrons. The second-order valence-corrected chi connectivity index (χ2v) is 6.30. The fourth-order valence-corrected chi connectivity index (χ4v) is 3.37. The van der Waals surface area contributed by atoms with Gasteiger partial charge in [-0.05, 0) is 23.8 Å². The molecule has 0 spiro atoms. The molecule has 2 rings (SSSR count). The zero-order valence-electron chi connectivity index (χ0n) is 11.6. The van der Waals surface area contributed by atoms with Crippen molar-refractivity contribution in [3.8, 4) is 5.75 Å². The summed E-state index contributed by atoms with van der Waals surface area (Å²) in [6, 6.07) is 5.36. The second-order valence-electron chi connectivity index (χ2n) is 4.22. The minimum absolute atomic E-state index is 0.103. The molecule has 1 aromatic carbocycles. The summed E-state index contributed by atoms with van der Waals surface area (Å²) in [6.07, 6.45) is 1.78. The lowest BCUT2D eigenvalue weighted by Gasteiger charge is -2.12. The Morgan fingerprint density at radius 3 is 2.81 bits per heavy atom. The Morgan fingerprint density at radius 1 is 1.43 bits per heavy atom. The molecule has 1 heterocycles. The normalized spacial score (nSPS) is 16.9. The molecule has 1 amide bonds. The number of thiocarbonyl (C=S) groups is 1. The van der Waals surface area contributed by atoms with E-state index in [1.807, 2.05) is 6.07 Å². The largest absolute Gasteiger partial charge is 0.495 e. The van der Waals surface area contributed by atoms with Gasteiger partial charge in [0, 0.05) is 7.11 Å². The molecule has 0 N–H and O–H groups in total. The van der Waals surface area contributed by atoms with Crippen molar-refractivity contribution in [3.05, 3.63) is 33.7 Å². The van der Waals surface area contributed by atoms with E-state index in [4.69, 9.17) is 33.3 Å². The Morgan fingerprint density at radius 2 is 2.19 bits per heavy atom. The van der Waals surface area contributed by atoms with E-state index in [9.17, 15) is 4.79 Å². The number of methoxy groups -OCH3 is 2. The highest BCUT2D eigenvalue weighted by molar-refractivity contribution is 8.26. The van der Waals surface area contributed by atoms with Crippen molar-refractivity contribution in [2.75, 3.05) is 27.4 Å². The van der Waals surface area contributed by atoms with Crippen LogP contribution in [0.5, 0.6) is 5.75 Å². The Labute approximate surface area is 138 Å². The van der Waals surface area contributed by atoms with Gasteiger partial charge in [0.05, 0.1) is 30.2 Å². The molecule has 1 aromatic rings. The number of carbonyl (C=O) groups is 1. The molecule has 1 fully saturated rings. The summed E-state index contributed by atoms with van der Waals surface area (Å²) in [7, 11) is 3.15. The van der Waals surface area contributed by atoms with Crippen LogP contribution in [0.1, 0.15) is 5.56 Å². The lowest BCUT2D eigenvalue weighted by molar-refractivity contribution is -0.122. The van der Waals surface area contributed by atoms with Crippen LogP contribution < -0.4 is 4.74 Å². The molecule has 1 aliphatic rings. The first-order chi connectivity index (χ1) is 10.1. The van der Waals surface area contributed by atoms with Crippen molar-refractivity contribution in [2.24, 2.45) is 0 Å². The van der Waals surface area contributed by atoms with Gasteiger partial charge < -0.3 is 9.47 Å². The van der Waals surface area contributed by atoms with E-state index in [0.717, 1.165) is 5.56 Å². The summed E-state index contributed by atoms with van der Waals surface area (Å²) in [4.78, 5) is 14.4. The maximum atomic E-state index is 12.3. The van der Waals surface area contributed by atoms with Crippen molar-refractivity contribution in [2.45, 2.75) is 0 Å². The van der Waals surface area contributed by atoms with Crippen LogP contribution in [0.15, 0.2) is 23.1 Å². The molecular weight excluding hydrogens is 330 g/mol. The molecule has 0 atom stereocenters. The molecule has 1 aliphatic heterocycles. The highest BCUT2D eigenvalue weighted by atomic mass is 35.5. The topological polar surface area (TPSA) is 38.8 Å². The number of hydrogen-bond donors (Lipinski definition) is 0. The van der Waals surface area contributed by atoms with Crippen molar-refractivity contribution in [1.82, 2.24) is 4.90 Å². The van der Waals surface area contributed by atoms with E-state index in [2.05, 4.69) is 0 Å². The van der Waals surface area contributed by atoms with Crippen LogP contribution in [0.3, 0.4) is 0 Å². The SMILES string of the molecule is COCCN1C(=O)/C(=C/c2ccc(OC)c(Cl)c2)SC1=S. The number of amides is 1. The van der Waals surface area contributed by atoms with Crippen LogP contribution in [0.4, 0.5) is 0 Å². The highest BCUT2D eigenvalue weighted by Crippen LogP contribution is 2.33. The third-order valence-electron chi connectivity index (χ3n) is 2.87. The van der Waals surface area contributed by atoms with Crippen molar-refractivity contribution < 1.29 is 14.3 Å². The van der Waals surface area contributed by atoms with E-state index in [1.165, 1.54) is 11.8 Å². The molecule has 21 heavy (non-hydrogen) atoms. The first-order valence-corrected chi connectivity index (χ1v) is 7.75. The molecule has 0 aromatic heterocycles. The maximum Gasteiger partial charge on any atom is 0.266 e. The monoisotopic (exact) mass is 343 g/mol. The molecule has 112 valence electrons. The van der Waals surface area contributed by atoms with Crippen molar-refractivity contribution >= 4 is 51.9 Å². The Balaban J connectivity index is 2.20. The van der Waals surface area contributed by atoms with Crippen LogP contribution in [-0.2, 0) is 9.53 Å². The first-order valence-electron chi connectivity index (χ1n) is 6.14. The number of hydrogen-bond acceptors (Lipinski definition) is 5. The number of nitrogens with zero attached hydrogens (tertiary/aromatic N) is 1. The van der Waals surface area contributed by atoms with Crippen molar-refractivity contribution in [3.63, 3.8) is 0 Å². The van der Waals surface area contributed by atoms with Gasteiger partial charge in [0.2, 0.25) is 0 Å². The van der Waals surface area contributed by atoms with Gasteiger partial charge in [-0.2, -0.15) is 0 Å². The lowest BCUT2D eigenvalue weighted by atomic mass is 10.2. The minimum Gasteiger partial charge on any atom is -0.495 e. The predicted octanol–water partition coefficient (Wildman–Crippen LogP) is 3.20. The molecule has 1 saturated heterocycles. The van der Waals surface area contributed by atoms with E-state index in [0.29, 0.717) is 33.1 Å².